The fourth-order valence-electron chi connectivity index (χ4n) is 4.71. The molecule has 4 rings (SSSR count). The number of carbonyl (C=O) groups excluding carboxylic acids is 2. The Labute approximate surface area is 190 Å². The second-order valence-corrected chi connectivity index (χ2v) is 8.83. The monoisotopic (exact) mass is 433 g/mol. The lowest BCUT2D eigenvalue weighted by Crippen LogP contribution is -2.43. The molecule has 6 heteroatoms. The van der Waals surface area contributed by atoms with Gasteiger partial charge in [-0.05, 0) is 82.2 Å². The van der Waals surface area contributed by atoms with Gasteiger partial charge in [0.05, 0.1) is 18.4 Å². The second-order valence-electron chi connectivity index (χ2n) is 8.83. The Balaban J connectivity index is 1.80. The van der Waals surface area contributed by atoms with Gasteiger partial charge in [0.2, 0.25) is 0 Å². The van der Waals surface area contributed by atoms with Crippen molar-refractivity contribution in [2.24, 2.45) is 0 Å². The first-order valence-electron chi connectivity index (χ1n) is 11.1. The van der Waals surface area contributed by atoms with Crippen LogP contribution in [-0.2, 0) is 9.59 Å². The topological polar surface area (TPSA) is 53.1 Å². The fraction of sp³-hybridized carbons (Fsp3) is 0.385. The Morgan fingerprint density at radius 3 is 2.22 bits per heavy atom. The van der Waals surface area contributed by atoms with Gasteiger partial charge in [-0.3, -0.25) is 9.59 Å². The molecule has 2 aromatic carbocycles. The minimum absolute atomic E-state index is 0.217. The first kappa shape index (κ1) is 22.1. The van der Waals surface area contributed by atoms with Crippen LogP contribution in [0.3, 0.4) is 0 Å². The number of piperidine rings is 1. The fourth-order valence-corrected chi connectivity index (χ4v) is 4.71. The molecule has 2 aliphatic rings. The normalized spacial score (nSPS) is 18.0. The summed E-state index contributed by atoms with van der Waals surface area (Å²) in [6.45, 7) is 5.98. The molecule has 1 fully saturated rings. The van der Waals surface area contributed by atoms with E-state index in [-0.39, 0.29) is 17.9 Å². The largest absolute Gasteiger partial charge is 0.497 e. The van der Waals surface area contributed by atoms with Crippen molar-refractivity contribution in [2.45, 2.75) is 32.7 Å². The smallest absolute Gasteiger partial charge is 0.282 e. The molecule has 168 valence electrons. The van der Waals surface area contributed by atoms with Crippen molar-refractivity contribution >= 4 is 23.1 Å². The SMILES string of the molecule is COc1ccc(N2C(=O)C(c3ccc(C)cc3C)=C(N(C)C3CCN(C)CC3)C2=O)cc1. The van der Waals surface area contributed by atoms with Crippen LogP contribution in [0.15, 0.2) is 48.2 Å². The van der Waals surface area contributed by atoms with Crippen LogP contribution in [0, 0.1) is 13.8 Å². The average Bonchev–Trinajstić information content (AvgIpc) is 3.04. The Kier molecular flexibility index (Phi) is 6.07. The summed E-state index contributed by atoms with van der Waals surface area (Å²) in [5.41, 5.74) is 4.47. The highest BCUT2D eigenvalue weighted by molar-refractivity contribution is 6.45. The van der Waals surface area contributed by atoms with Crippen molar-refractivity contribution in [1.29, 1.82) is 0 Å². The van der Waals surface area contributed by atoms with E-state index in [1.54, 1.807) is 31.4 Å². The van der Waals surface area contributed by atoms with E-state index in [1.807, 2.05) is 37.9 Å². The number of likely N-dealkylation sites (tertiary alicyclic amines) is 1. The van der Waals surface area contributed by atoms with Gasteiger partial charge < -0.3 is 14.5 Å². The summed E-state index contributed by atoms with van der Waals surface area (Å²) < 4.78 is 5.24. The molecule has 2 amide bonds. The zero-order chi connectivity index (χ0) is 23.0. The molecular weight excluding hydrogens is 402 g/mol. The number of benzene rings is 2. The number of rotatable bonds is 5. The Morgan fingerprint density at radius 1 is 0.969 bits per heavy atom. The summed E-state index contributed by atoms with van der Waals surface area (Å²) in [7, 11) is 5.67. The van der Waals surface area contributed by atoms with E-state index >= 15 is 0 Å². The number of methoxy groups -OCH3 is 1. The summed E-state index contributed by atoms with van der Waals surface area (Å²) in [5, 5.41) is 0. The van der Waals surface area contributed by atoms with Gasteiger partial charge in [0.15, 0.2) is 0 Å². The molecular formula is C26H31N3O3. The van der Waals surface area contributed by atoms with Gasteiger partial charge >= 0.3 is 0 Å². The molecule has 0 bridgehead atoms. The molecule has 0 spiro atoms. The molecule has 1 saturated heterocycles. The zero-order valence-corrected chi connectivity index (χ0v) is 19.5. The van der Waals surface area contributed by atoms with Gasteiger partial charge in [-0.15, -0.1) is 0 Å². The first-order valence-corrected chi connectivity index (χ1v) is 11.1. The summed E-state index contributed by atoms with van der Waals surface area (Å²) in [6, 6.07) is 13.3. The number of ether oxygens (including phenoxy) is 1. The molecule has 0 radical (unpaired) electrons. The Bertz CT molecular complexity index is 1070. The van der Waals surface area contributed by atoms with Crippen molar-refractivity contribution in [3.8, 4) is 5.75 Å². The lowest BCUT2D eigenvalue weighted by molar-refractivity contribution is -0.120. The number of likely N-dealkylation sites (N-methyl/N-ethyl adjacent to an activating group) is 1. The molecule has 0 atom stereocenters. The summed E-state index contributed by atoms with van der Waals surface area (Å²) in [4.78, 5) is 33.1. The quantitative estimate of drug-likeness (QED) is 0.674. The number of nitrogens with zero attached hydrogens (tertiary/aromatic N) is 3. The highest BCUT2D eigenvalue weighted by Crippen LogP contribution is 2.37. The van der Waals surface area contributed by atoms with Crippen LogP contribution in [0.5, 0.6) is 5.75 Å². The molecule has 0 saturated carbocycles. The van der Waals surface area contributed by atoms with Crippen LogP contribution in [0.1, 0.15) is 29.5 Å². The molecule has 2 aromatic rings. The number of hydrogen-bond donors (Lipinski definition) is 0. The molecule has 0 aromatic heterocycles. The summed E-state index contributed by atoms with van der Waals surface area (Å²) in [5.74, 6) is 0.137. The van der Waals surface area contributed by atoms with Gasteiger partial charge in [0, 0.05) is 13.1 Å². The van der Waals surface area contributed by atoms with Crippen molar-refractivity contribution in [3.63, 3.8) is 0 Å². The maximum atomic E-state index is 13.7. The Hall–Kier alpha value is -3.12. The van der Waals surface area contributed by atoms with E-state index in [9.17, 15) is 9.59 Å². The molecule has 0 N–H and O–H groups in total. The number of carbonyl (C=O) groups is 2. The van der Waals surface area contributed by atoms with Crippen molar-refractivity contribution in [2.75, 3.05) is 39.2 Å². The van der Waals surface area contributed by atoms with E-state index in [1.165, 1.54) is 4.90 Å². The summed E-state index contributed by atoms with van der Waals surface area (Å²) >= 11 is 0. The standard InChI is InChI=1S/C26H31N3O3/c1-17-6-11-22(18(2)16-17)23-24(28(4)19-12-14-27(3)15-13-19)26(31)29(25(23)30)20-7-9-21(32-5)10-8-20/h6-11,16,19H,12-15H2,1-5H3. The van der Waals surface area contributed by atoms with Crippen LogP contribution in [0.25, 0.3) is 5.57 Å². The van der Waals surface area contributed by atoms with E-state index in [0.29, 0.717) is 22.7 Å². The number of anilines is 1. The van der Waals surface area contributed by atoms with Crippen LogP contribution in [0.4, 0.5) is 5.69 Å². The van der Waals surface area contributed by atoms with Crippen LogP contribution < -0.4 is 9.64 Å². The number of imide groups is 1. The van der Waals surface area contributed by atoms with Gasteiger partial charge in [0.1, 0.15) is 11.4 Å². The molecule has 0 unspecified atom stereocenters. The van der Waals surface area contributed by atoms with Crippen molar-refractivity contribution in [3.05, 3.63) is 64.9 Å². The molecule has 32 heavy (non-hydrogen) atoms. The van der Waals surface area contributed by atoms with E-state index in [4.69, 9.17) is 4.74 Å². The lowest BCUT2D eigenvalue weighted by Gasteiger charge is -2.36. The van der Waals surface area contributed by atoms with E-state index in [2.05, 4.69) is 18.0 Å². The highest BCUT2D eigenvalue weighted by Gasteiger charge is 2.43. The first-order chi connectivity index (χ1) is 15.3. The van der Waals surface area contributed by atoms with Gasteiger partial charge in [-0.2, -0.15) is 0 Å². The average molecular weight is 434 g/mol. The number of amides is 2. The Morgan fingerprint density at radius 2 is 1.62 bits per heavy atom. The van der Waals surface area contributed by atoms with Crippen LogP contribution in [-0.4, -0.2) is 62.0 Å². The summed E-state index contributed by atoms with van der Waals surface area (Å²) in [6.07, 6.45) is 1.92. The van der Waals surface area contributed by atoms with Gasteiger partial charge in [-0.25, -0.2) is 4.90 Å². The second kappa shape index (κ2) is 8.79. The number of hydrogen-bond acceptors (Lipinski definition) is 5. The zero-order valence-electron chi connectivity index (χ0n) is 19.5. The third kappa shape index (κ3) is 3.91. The molecule has 2 heterocycles. The highest BCUT2D eigenvalue weighted by atomic mass is 16.5. The molecule has 6 nitrogen and oxygen atoms in total. The predicted molar refractivity (Wildman–Crippen MR) is 127 cm³/mol. The minimum Gasteiger partial charge on any atom is -0.497 e. The van der Waals surface area contributed by atoms with Gasteiger partial charge in [0.25, 0.3) is 11.8 Å². The van der Waals surface area contributed by atoms with E-state index in [0.717, 1.165) is 42.6 Å². The van der Waals surface area contributed by atoms with Crippen molar-refractivity contribution in [1.82, 2.24) is 9.80 Å². The van der Waals surface area contributed by atoms with Crippen LogP contribution >= 0.6 is 0 Å². The third-order valence-corrected chi connectivity index (χ3v) is 6.63. The maximum Gasteiger partial charge on any atom is 0.282 e. The minimum atomic E-state index is -0.276. The van der Waals surface area contributed by atoms with E-state index < -0.39 is 0 Å². The third-order valence-electron chi connectivity index (χ3n) is 6.63. The van der Waals surface area contributed by atoms with Gasteiger partial charge in [-0.1, -0.05) is 23.8 Å². The number of aryl methyl sites for hydroxylation is 2. The lowest BCUT2D eigenvalue weighted by atomic mass is 9.96. The van der Waals surface area contributed by atoms with Crippen LogP contribution in [0.2, 0.25) is 0 Å². The maximum absolute atomic E-state index is 13.7. The van der Waals surface area contributed by atoms with Crippen molar-refractivity contribution < 1.29 is 14.3 Å². The predicted octanol–water partition coefficient (Wildman–Crippen LogP) is 3.62. The molecule has 2 aliphatic heterocycles. The molecule has 0 aliphatic carbocycles.